The predicted molar refractivity (Wildman–Crippen MR) is 78.9 cm³/mol. The summed E-state index contributed by atoms with van der Waals surface area (Å²) in [6.07, 6.45) is 7.35. The smallest absolute Gasteiger partial charge is 0.257 e. The Morgan fingerprint density at radius 1 is 1.20 bits per heavy atom. The van der Waals surface area contributed by atoms with Crippen LogP contribution in [0.1, 0.15) is 54.4 Å². The predicted octanol–water partition coefficient (Wildman–Crippen LogP) is 3.50. The van der Waals surface area contributed by atoms with Crippen molar-refractivity contribution in [3.8, 4) is 5.75 Å². The lowest BCUT2D eigenvalue weighted by Crippen LogP contribution is -2.39. The second-order valence-electron chi connectivity index (χ2n) is 6.27. The van der Waals surface area contributed by atoms with Crippen LogP contribution in [0.2, 0.25) is 0 Å². The number of aryl methyl sites for hydroxylation is 1. The number of hydrogen-bond donors (Lipinski definition) is 1. The molecule has 1 aliphatic carbocycles. The van der Waals surface area contributed by atoms with Crippen LogP contribution >= 0.6 is 0 Å². The molecule has 1 saturated heterocycles. The van der Waals surface area contributed by atoms with E-state index < -0.39 is 0 Å². The Morgan fingerprint density at radius 3 is 2.65 bits per heavy atom. The summed E-state index contributed by atoms with van der Waals surface area (Å²) in [7, 11) is 0. The van der Waals surface area contributed by atoms with Gasteiger partial charge in [0.25, 0.3) is 5.91 Å². The number of carbonyl (C=O) groups is 1. The van der Waals surface area contributed by atoms with E-state index in [-0.39, 0.29) is 11.7 Å². The first kappa shape index (κ1) is 13.5. The van der Waals surface area contributed by atoms with Gasteiger partial charge < -0.3 is 10.0 Å². The lowest BCUT2D eigenvalue weighted by atomic mass is 9.95. The summed E-state index contributed by atoms with van der Waals surface area (Å²) in [5, 5.41) is 10.0. The molecule has 2 fully saturated rings. The molecule has 3 heteroatoms. The fraction of sp³-hybridized carbons (Fsp3) is 0.588. The lowest BCUT2D eigenvalue weighted by molar-refractivity contribution is 0.0686. The number of phenolic OH excluding ortho intramolecular Hbond substituents is 1. The number of rotatable bonds is 2. The van der Waals surface area contributed by atoms with Gasteiger partial charge in [-0.25, -0.2) is 0 Å². The van der Waals surface area contributed by atoms with Crippen LogP contribution in [-0.2, 0) is 0 Å². The molecule has 0 spiro atoms. The van der Waals surface area contributed by atoms with Gasteiger partial charge in [0.05, 0.1) is 5.56 Å². The summed E-state index contributed by atoms with van der Waals surface area (Å²) in [6, 6.07) is 5.73. The Bertz CT molecular complexity index is 506. The number of likely N-dealkylation sites (tertiary alicyclic amines) is 1. The highest BCUT2D eigenvalue weighted by Crippen LogP contribution is 2.36. The number of aromatic hydroxyl groups is 1. The molecule has 3 rings (SSSR count). The largest absolute Gasteiger partial charge is 0.507 e. The zero-order valence-corrected chi connectivity index (χ0v) is 12.1. The third-order valence-corrected chi connectivity index (χ3v) is 4.89. The van der Waals surface area contributed by atoms with E-state index >= 15 is 0 Å². The molecule has 20 heavy (non-hydrogen) atoms. The van der Waals surface area contributed by atoms with E-state index in [1.807, 2.05) is 17.9 Å². The Balaban J connectivity index is 1.81. The van der Waals surface area contributed by atoms with Crippen LogP contribution < -0.4 is 0 Å². The average molecular weight is 273 g/mol. The van der Waals surface area contributed by atoms with Crippen LogP contribution in [0.5, 0.6) is 5.75 Å². The summed E-state index contributed by atoms with van der Waals surface area (Å²) < 4.78 is 0. The Hall–Kier alpha value is -1.51. The molecule has 2 aliphatic rings. The number of amides is 1. The average Bonchev–Trinajstić information content (AvgIpc) is 3.09. The van der Waals surface area contributed by atoms with Crippen molar-refractivity contribution in [1.82, 2.24) is 4.90 Å². The molecule has 1 atom stereocenters. The van der Waals surface area contributed by atoms with Crippen LogP contribution in [0, 0.1) is 12.8 Å². The first-order chi connectivity index (χ1) is 9.66. The van der Waals surface area contributed by atoms with Gasteiger partial charge in [-0.3, -0.25) is 4.79 Å². The minimum absolute atomic E-state index is 0.0110. The Kier molecular flexibility index (Phi) is 3.68. The molecule has 108 valence electrons. The van der Waals surface area contributed by atoms with Crippen LogP contribution in [0.4, 0.5) is 0 Å². The maximum absolute atomic E-state index is 12.7. The molecule has 0 bridgehead atoms. The summed E-state index contributed by atoms with van der Waals surface area (Å²) >= 11 is 0. The molecule has 3 nitrogen and oxygen atoms in total. The quantitative estimate of drug-likeness (QED) is 0.896. The van der Waals surface area contributed by atoms with E-state index in [1.54, 1.807) is 12.1 Å². The summed E-state index contributed by atoms with van der Waals surface area (Å²) in [6.45, 7) is 2.76. The molecule has 1 heterocycles. The topological polar surface area (TPSA) is 40.5 Å². The van der Waals surface area contributed by atoms with Gasteiger partial charge in [0.1, 0.15) is 5.75 Å². The van der Waals surface area contributed by atoms with E-state index in [2.05, 4.69) is 0 Å². The number of benzene rings is 1. The maximum atomic E-state index is 12.7. The van der Waals surface area contributed by atoms with Crippen LogP contribution in [0.3, 0.4) is 0 Å². The Labute approximate surface area is 120 Å². The van der Waals surface area contributed by atoms with Gasteiger partial charge in [-0.15, -0.1) is 0 Å². The van der Waals surface area contributed by atoms with Gasteiger partial charge in [0.15, 0.2) is 0 Å². The maximum Gasteiger partial charge on any atom is 0.257 e. The molecular formula is C17H23NO2. The van der Waals surface area contributed by atoms with Gasteiger partial charge in [0, 0.05) is 12.6 Å². The Morgan fingerprint density at radius 2 is 1.95 bits per heavy atom. The van der Waals surface area contributed by atoms with E-state index in [1.165, 1.54) is 25.7 Å². The van der Waals surface area contributed by atoms with Crippen molar-refractivity contribution < 1.29 is 9.90 Å². The third-order valence-electron chi connectivity index (χ3n) is 4.89. The highest BCUT2D eigenvalue weighted by Gasteiger charge is 2.36. The van der Waals surface area contributed by atoms with Gasteiger partial charge in [0.2, 0.25) is 0 Å². The van der Waals surface area contributed by atoms with Gasteiger partial charge in [-0.05, 0) is 56.2 Å². The van der Waals surface area contributed by atoms with Gasteiger partial charge in [-0.1, -0.05) is 18.9 Å². The minimum atomic E-state index is 0.0110. The molecule has 1 saturated carbocycles. The fourth-order valence-corrected chi connectivity index (χ4v) is 3.85. The monoisotopic (exact) mass is 273 g/mol. The van der Waals surface area contributed by atoms with Crippen LogP contribution in [-0.4, -0.2) is 28.5 Å². The van der Waals surface area contributed by atoms with Crippen molar-refractivity contribution in [2.24, 2.45) is 5.92 Å². The van der Waals surface area contributed by atoms with E-state index in [0.29, 0.717) is 17.5 Å². The van der Waals surface area contributed by atoms with Crippen LogP contribution in [0.25, 0.3) is 0 Å². The molecule has 1 amide bonds. The number of phenols is 1. The summed E-state index contributed by atoms with van der Waals surface area (Å²) in [4.78, 5) is 14.7. The zero-order chi connectivity index (χ0) is 14.1. The van der Waals surface area contributed by atoms with Gasteiger partial charge >= 0.3 is 0 Å². The van der Waals surface area contributed by atoms with Crippen molar-refractivity contribution in [3.63, 3.8) is 0 Å². The number of nitrogens with zero attached hydrogens (tertiary/aromatic N) is 1. The zero-order valence-electron chi connectivity index (χ0n) is 12.1. The SMILES string of the molecule is Cc1ccc(C(=O)N2CCCC2C2CCCC2)c(O)c1. The molecule has 0 aromatic heterocycles. The normalized spacial score (nSPS) is 23.4. The van der Waals surface area contributed by atoms with E-state index in [4.69, 9.17) is 0 Å². The molecular weight excluding hydrogens is 250 g/mol. The highest BCUT2D eigenvalue weighted by atomic mass is 16.3. The van der Waals surface area contributed by atoms with E-state index in [9.17, 15) is 9.90 Å². The standard InChI is InChI=1S/C17H23NO2/c1-12-8-9-14(16(19)11-12)17(20)18-10-4-7-15(18)13-5-2-3-6-13/h8-9,11,13,15,19H,2-7,10H2,1H3. The minimum Gasteiger partial charge on any atom is -0.507 e. The summed E-state index contributed by atoms with van der Waals surface area (Å²) in [5.74, 6) is 0.804. The van der Waals surface area contributed by atoms with E-state index in [0.717, 1.165) is 24.9 Å². The lowest BCUT2D eigenvalue weighted by Gasteiger charge is -2.29. The van der Waals surface area contributed by atoms with Crippen molar-refractivity contribution in [1.29, 1.82) is 0 Å². The molecule has 1 aliphatic heterocycles. The molecule has 1 N–H and O–H groups in total. The van der Waals surface area contributed by atoms with Gasteiger partial charge in [-0.2, -0.15) is 0 Å². The van der Waals surface area contributed by atoms with Crippen LogP contribution in [0.15, 0.2) is 18.2 Å². The fourth-order valence-electron chi connectivity index (χ4n) is 3.85. The van der Waals surface area contributed by atoms with Crippen molar-refractivity contribution in [2.75, 3.05) is 6.54 Å². The second-order valence-corrected chi connectivity index (χ2v) is 6.27. The second kappa shape index (κ2) is 5.47. The molecule has 1 aromatic rings. The third kappa shape index (κ3) is 2.41. The molecule has 1 unspecified atom stereocenters. The van der Waals surface area contributed by atoms with Crippen molar-refractivity contribution in [2.45, 2.75) is 51.5 Å². The molecule has 1 aromatic carbocycles. The first-order valence-corrected chi connectivity index (χ1v) is 7.77. The highest BCUT2D eigenvalue weighted by molar-refractivity contribution is 5.97. The van der Waals surface area contributed by atoms with Crippen molar-refractivity contribution >= 4 is 5.91 Å². The number of hydrogen-bond acceptors (Lipinski definition) is 2. The number of carbonyl (C=O) groups excluding carboxylic acids is 1. The summed E-state index contributed by atoms with van der Waals surface area (Å²) in [5.41, 5.74) is 1.44. The van der Waals surface area contributed by atoms with Crippen molar-refractivity contribution in [3.05, 3.63) is 29.3 Å². The molecule has 0 radical (unpaired) electrons. The first-order valence-electron chi connectivity index (χ1n) is 7.77.